The van der Waals surface area contributed by atoms with E-state index < -0.39 is 64.2 Å². The van der Waals surface area contributed by atoms with Crippen LogP contribution in [0.15, 0.2) is 143 Å². The second-order valence-electron chi connectivity index (χ2n) is 24.3. The summed E-state index contributed by atoms with van der Waals surface area (Å²) in [4.78, 5) is 98.9. The SMILES string of the molecule is Brc1ccc(SC2CC2)nc1.CCOC(=O)/C(=N/O[C@@H]1CCOC1)c1ccc(S(=O)(=O)C2CC2)nc1.CCOC(=O)C(=O)c1ccc(SC2CC2)nc1.O=C(Nc1ncc(F)s1)/C(=N/O[C@@H]1CCOC1)c1ccc(S(=O)(=O)C2CC2)nc1.O=C(O)/C(=N/O[C@@H]1CCOC1)c1ccc(S(=O)(=O)C2CC2)nc1.[2H-].[2H-].[2H-].[2H-].[2H-].[2H-].[2H-].[2H-].[2H-].[2H-].[2H-].[2H-].[2H-].[2H-].[2H-].[2H-].[2H-].[2H-].[2H-].[2H-].[2H-].[2H-].[2H-].[2H-].[2H-].[2H-].[2H-].[2H-].[2H-].[2H-].[2H-].[2H-].[2H-].[2H-].[2H-].[2H-].[2H-].[2H-].[2H-].[2H-].[2H-].[2H-].[2H-].[2H-].[2H-].[2H-].[2H-].[2H-].[2H-].[2H-].[2H-].[2H-].[2H-].[2H-].[2H-].[2H-].[2H-].[2H-].[2H-].[2H-].[2H-].[2H-].[2H-].[2H-].[2H-].[2H-].[2H-].[2H-].[2H-].[2H-].[2H-].[2H-].[2H-].[2H-].[2H-].[2H-].[2H-].[2H-].[2H-]. The highest BCUT2D eigenvalue weighted by atomic mass is 79.9. The van der Waals surface area contributed by atoms with Gasteiger partial charge in [0.25, 0.3) is 11.7 Å². The Morgan fingerprint density at radius 2 is 0.924 bits per heavy atom. The van der Waals surface area contributed by atoms with Gasteiger partial charge in [-0.2, -0.15) is 4.39 Å². The van der Waals surface area contributed by atoms with Gasteiger partial charge in [0, 0.05) is 87.5 Å². The first kappa shape index (κ1) is 79.7. The van der Waals surface area contributed by atoms with Crippen LogP contribution in [-0.2, 0) is 86.9 Å². The zero-order valence-electron chi connectivity index (χ0n) is 136. The van der Waals surface area contributed by atoms with Gasteiger partial charge in [-0.25, -0.2) is 69.5 Å². The van der Waals surface area contributed by atoms with Crippen LogP contribution in [0.5, 0.6) is 0 Å². The van der Waals surface area contributed by atoms with Crippen LogP contribution in [0, 0.1) is 5.13 Å². The van der Waals surface area contributed by atoms with Crippen molar-refractivity contribution in [2.24, 2.45) is 15.5 Å². The predicted octanol–water partition coefficient (Wildman–Crippen LogP) is 17.5. The summed E-state index contributed by atoms with van der Waals surface area (Å²) in [6.45, 7) is 6.55. The zero-order chi connectivity index (χ0) is 74.7. The Bertz CT molecular complexity index is 4620. The number of hydrogen-bond donors (Lipinski definition) is 2. The third-order valence-electron chi connectivity index (χ3n) is 15.7. The number of carboxylic acids is 1. The Kier molecular flexibility index (Phi) is 28.6. The van der Waals surface area contributed by atoms with Crippen LogP contribution in [0.3, 0.4) is 0 Å². The van der Waals surface area contributed by atoms with Gasteiger partial charge in [-0.1, -0.05) is 26.8 Å². The highest BCUT2D eigenvalue weighted by Gasteiger charge is 2.40. The van der Waals surface area contributed by atoms with Crippen LogP contribution in [-0.4, -0.2) is 204 Å². The molecule has 0 spiro atoms. The van der Waals surface area contributed by atoms with E-state index in [4.69, 9.17) is 33.5 Å². The van der Waals surface area contributed by atoms with Gasteiger partial charge < -0.3 is 156 Å². The normalized spacial score (nSPS) is 19.5. The Morgan fingerprint density at radius 3 is 1.28 bits per heavy atom. The molecule has 3 atom stereocenters. The van der Waals surface area contributed by atoms with Crippen molar-refractivity contribution in [1.82, 2.24) is 29.9 Å². The number of ketones is 1. The van der Waals surface area contributed by atoms with Gasteiger partial charge in [0.05, 0.1) is 84.9 Å². The second-order valence-corrected chi connectivity index (χ2v) is 35.4. The number of nitrogens with zero attached hydrogens (tertiary/aromatic N) is 9. The van der Waals surface area contributed by atoms with E-state index in [1.807, 2.05) is 24.0 Å². The number of ether oxygens (including phenoxy) is 5. The Morgan fingerprint density at radius 1 is 0.524 bits per heavy atom. The summed E-state index contributed by atoms with van der Waals surface area (Å²) in [5.41, 5.74) is 0.571. The van der Waals surface area contributed by atoms with Gasteiger partial charge in [0.1, 0.15) is 0 Å². The van der Waals surface area contributed by atoms with Crippen LogP contribution < -0.4 is 5.32 Å². The second kappa shape index (κ2) is 37.6. The fourth-order valence-electron chi connectivity index (χ4n) is 9.24. The third kappa shape index (κ3) is 24.1. The number of carbonyl (C=O) groups is 5. The lowest BCUT2D eigenvalue weighted by atomic mass is 10.2. The van der Waals surface area contributed by atoms with Gasteiger partial charge in [-0.05, 0) is 155 Å². The minimum absolute atomic E-state index is 0. The number of halogens is 2. The van der Waals surface area contributed by atoms with Crippen molar-refractivity contribution in [3.8, 4) is 0 Å². The van der Waals surface area contributed by atoms with Crippen LogP contribution in [0.1, 0.15) is 237 Å². The quantitative estimate of drug-likeness (QED) is 0.0159. The molecule has 30 nitrogen and oxygen atoms in total. The molecule has 0 radical (unpaired) electrons. The maximum atomic E-state index is 13.1. The molecule has 8 aliphatic rings. The molecule has 0 aromatic carbocycles. The number of thioether (sulfide) groups is 2. The van der Waals surface area contributed by atoms with E-state index in [-0.39, 0.29) is 214 Å². The first-order valence-corrected chi connectivity index (χ1v) is 41.5. The molecule has 105 heavy (non-hydrogen) atoms. The third-order valence-corrected chi connectivity index (χ3v) is 26.0. The molecule has 9 heterocycles. The standard InChI is InChI=1S/C17H17FN4O5S2.C16H20N2O6S.C14H16N2O6S.C12H13NO3S.C8H8BrNS.79H/c18-13-8-20-17(28-13)21-16(23)15(22-27-11-5-6-26-9-11)10-1-4-14(19-7-10)29(24,25)12-2-3-12;1-2-23-16(19)15(18-24-12-7-8-22-10-12)11-3-6-14(17-9-11)25(20,21)13-4-5-13;17-14(18)13(16-22-10-5-6-21-8-10)9-1-4-12(15-7-9)23(19,20)11-2-3-11;1-2-16-12(15)11(14)8-3-6-10(13-7-8)17-9-4-5-9;9-6-1-4-8(10-5-6)11-7-2-3-7;;;;;;;;;;;;;;;;;;;;;;;;;;;;;;;;;;;;;;;;;;;;;;;;;;;;;;;;;;;;;;;;;;;;;;;;;;;;;;;/h1,4,7-8,11-12H,2-3,5-6,9H2,(H,20,21,23);3,6,9,12-13H,2,4-5,7-8,10H2,1H3;1,4,7,10-11H,2-3,5-6,8H2,(H,17,18);3,6-7,9H,2,4-5H2,1H3;1,4-5,7H,2-3H2;;;;;;;;;;;;;;;;;;;;;;;;;;;;;;;;;;;;;;;;;;;;;;;;;;;;;;;;;;;;;;;;;;;;;;;;;;;;;;;/q;;;;;79*-1/b22-15+;18-15+;16-13+;;;;;;;;;;;;;;;;;;;;;;;;;;;;;;;;;;;;;;;;;;;;;;;;;;;;;;;;;;;;;;;;;;;;;;;;;;;;;;;;;/t11-;12-;10-;;;;;;;;;;;;;;;;;;;;;;;;;;;;;;;;;;;;;;;;;;;;;;;;;;;;;;;;;;;;;;;;;;;;;;;;;;;;;;;;;/m111................................................................................./s1/i;;;;;79*1+1. The number of sulfone groups is 3. The molecular weight excluding hydrogens is 1560 g/mol. The number of esters is 2. The molecule has 0 bridgehead atoms. The molecule has 720 valence electrons. The maximum absolute atomic E-state index is 13.1. The number of amides is 1. The lowest BCUT2D eigenvalue weighted by molar-refractivity contribution is -0.137. The molecule has 5 aliphatic carbocycles. The number of thiazole rings is 1. The first-order chi connectivity index (χ1) is 50.5. The van der Waals surface area contributed by atoms with E-state index in [1.54, 1.807) is 37.7 Å². The van der Waals surface area contributed by atoms with Crippen molar-refractivity contribution in [3.63, 3.8) is 0 Å². The topological polar surface area (TPSA) is 408 Å². The van der Waals surface area contributed by atoms with Crippen molar-refractivity contribution in [2.75, 3.05) is 58.2 Å². The predicted molar refractivity (Wildman–Crippen MR) is 472 cm³/mol. The highest BCUT2D eigenvalue weighted by Crippen LogP contribution is 2.40. The van der Waals surface area contributed by atoms with E-state index in [0.717, 1.165) is 26.0 Å². The van der Waals surface area contributed by atoms with E-state index >= 15 is 0 Å². The lowest BCUT2D eigenvalue weighted by Crippen LogP contribution is -2.25. The highest BCUT2D eigenvalue weighted by molar-refractivity contribution is 9.10. The zero-order valence-corrected chi connectivity index (χ0v) is 63.1. The summed E-state index contributed by atoms with van der Waals surface area (Å²) in [7, 11) is -10.2. The van der Waals surface area contributed by atoms with Gasteiger partial charge >= 0.3 is 17.9 Å². The summed E-state index contributed by atoms with van der Waals surface area (Å²) in [6.07, 6.45) is 18.3. The van der Waals surface area contributed by atoms with Crippen molar-refractivity contribution < 1.29 is 210 Å². The molecule has 14 rings (SSSR count). The largest absolute Gasteiger partial charge is 1.00 e. The van der Waals surface area contributed by atoms with Crippen LogP contribution >= 0.6 is 50.8 Å². The van der Waals surface area contributed by atoms with Crippen LogP contribution in [0.25, 0.3) is 0 Å². The van der Waals surface area contributed by atoms with Crippen LogP contribution in [0.4, 0.5) is 9.52 Å². The molecule has 6 aromatic heterocycles. The number of pyridine rings is 5. The van der Waals surface area contributed by atoms with Gasteiger partial charge in [0.2, 0.25) is 0 Å². The average molecular weight is 1790 g/mol. The first-order valence-electron chi connectivity index (χ1n) is 33.5. The number of oxime groups is 3. The molecular formula is C67H153BrFN10O20S6-79. The molecule has 6 aromatic rings. The number of hydrogen-bond acceptors (Lipinski definition) is 31. The minimum atomic E-state index is -3.45. The van der Waals surface area contributed by atoms with E-state index in [9.17, 15) is 58.7 Å². The van der Waals surface area contributed by atoms with Crippen molar-refractivity contribution in [1.29, 1.82) is 0 Å². The summed E-state index contributed by atoms with van der Waals surface area (Å²) in [5, 5.41) is 25.1. The molecule has 8 fully saturated rings. The number of Topliss-reactive ketones (excluding diaryl/α,β-unsaturated/α-hetero) is 1. The molecule has 0 unspecified atom stereocenters. The lowest BCUT2D eigenvalue weighted by Gasteiger charge is -2.10. The number of aromatic nitrogens is 6. The van der Waals surface area contributed by atoms with Gasteiger partial charge in [-0.15, -0.1) is 23.5 Å². The number of nitrogens with one attached hydrogen (secondary N) is 1. The molecule has 2 N–H and O–H groups in total. The molecule has 3 aliphatic heterocycles. The summed E-state index contributed by atoms with van der Waals surface area (Å²) in [5.74, 6) is -4.07. The van der Waals surface area contributed by atoms with E-state index in [0.29, 0.717) is 120 Å². The number of carbonyl (C=O) groups excluding carboxylic acids is 4. The number of aliphatic carboxylic acids is 1. The molecule has 3 saturated heterocycles. The van der Waals surface area contributed by atoms with Crippen molar-refractivity contribution >= 4 is 132 Å². The summed E-state index contributed by atoms with van der Waals surface area (Å²) < 4.78 is 112. The number of anilines is 1. The van der Waals surface area contributed by atoms with Crippen LogP contribution in [0.2, 0.25) is 0 Å². The fourth-order valence-corrected chi connectivity index (χ4v) is 16.6. The Hall–Kier alpha value is -7.82. The monoisotopic (exact) mass is 1790 g/mol. The molecule has 5 saturated carbocycles. The maximum Gasteiger partial charge on any atom is 0.379 e. The minimum Gasteiger partial charge on any atom is -1.00 e. The van der Waals surface area contributed by atoms with Gasteiger partial charge in [0.15, 0.2) is 90.3 Å². The number of rotatable bonds is 27. The Balaban J connectivity index is -0.0000000119. The fraction of sp³-hybridized carbons (Fsp3) is 0.463. The number of carboxylic acid groups (broad SMARTS) is 1. The average Bonchev–Trinajstić information content (AvgIpc) is 1.65. The summed E-state index contributed by atoms with van der Waals surface area (Å²) in [6, 6.07) is 15.8. The Labute approximate surface area is 742 Å². The molecule has 38 heteroatoms. The van der Waals surface area contributed by atoms with E-state index in [1.165, 1.54) is 86.9 Å². The van der Waals surface area contributed by atoms with E-state index in [2.05, 4.69) is 77.4 Å². The molecule has 1 amide bonds. The van der Waals surface area contributed by atoms with Crippen molar-refractivity contribution in [3.05, 3.63) is 130 Å². The smallest absolute Gasteiger partial charge is 0.379 e. The van der Waals surface area contributed by atoms with Gasteiger partial charge in [-0.3, -0.25) is 14.9 Å². The summed E-state index contributed by atoms with van der Waals surface area (Å²) >= 11 is 7.62. The van der Waals surface area contributed by atoms with Crippen molar-refractivity contribution in [2.45, 2.75) is 167 Å².